The zero-order valence-corrected chi connectivity index (χ0v) is 7.09. The van der Waals surface area contributed by atoms with Crippen LogP contribution in [0, 0.1) is 0 Å². The van der Waals surface area contributed by atoms with Crippen LogP contribution < -0.4 is 0 Å². The van der Waals surface area contributed by atoms with Crippen LogP contribution in [0.2, 0.25) is 0 Å². The number of hydrogen-bond donors (Lipinski definition) is 1. The summed E-state index contributed by atoms with van der Waals surface area (Å²) in [6, 6.07) is 1.78. The molecular formula is C8H13NO2. The third-order valence-corrected chi connectivity index (χ3v) is 1.53. The molecule has 0 saturated heterocycles. The summed E-state index contributed by atoms with van der Waals surface area (Å²) in [5.41, 5.74) is -0.300. The van der Waals surface area contributed by atoms with Crippen molar-refractivity contribution >= 4 is 0 Å². The average Bonchev–Trinajstić information content (AvgIpc) is 2.32. The maximum Gasteiger partial charge on any atom is 0.136 e. The van der Waals surface area contributed by atoms with E-state index in [1.165, 1.54) is 0 Å². The molecule has 62 valence electrons. The van der Waals surface area contributed by atoms with Gasteiger partial charge in [-0.15, -0.1) is 0 Å². The van der Waals surface area contributed by atoms with Gasteiger partial charge >= 0.3 is 0 Å². The smallest absolute Gasteiger partial charge is 0.136 e. The van der Waals surface area contributed by atoms with Crippen molar-refractivity contribution in [2.75, 3.05) is 0 Å². The Balaban J connectivity index is 2.89. The van der Waals surface area contributed by atoms with Crippen molar-refractivity contribution in [1.29, 1.82) is 0 Å². The SMILES string of the molecule is CCc1cc(C(C)(C)O)no1. The first-order valence-corrected chi connectivity index (χ1v) is 3.72. The lowest BCUT2D eigenvalue weighted by molar-refractivity contribution is 0.0700. The van der Waals surface area contributed by atoms with E-state index >= 15 is 0 Å². The quantitative estimate of drug-likeness (QED) is 0.703. The summed E-state index contributed by atoms with van der Waals surface area (Å²) >= 11 is 0. The highest BCUT2D eigenvalue weighted by molar-refractivity contribution is 5.11. The molecule has 0 aromatic carbocycles. The van der Waals surface area contributed by atoms with Gasteiger partial charge in [-0.1, -0.05) is 12.1 Å². The van der Waals surface area contributed by atoms with E-state index in [4.69, 9.17) is 4.52 Å². The highest BCUT2D eigenvalue weighted by atomic mass is 16.5. The van der Waals surface area contributed by atoms with Gasteiger partial charge in [-0.05, 0) is 13.8 Å². The van der Waals surface area contributed by atoms with Gasteiger partial charge in [0, 0.05) is 12.5 Å². The molecule has 0 atom stereocenters. The molecule has 0 aliphatic rings. The summed E-state index contributed by atoms with van der Waals surface area (Å²) in [4.78, 5) is 0. The second-order valence-corrected chi connectivity index (χ2v) is 3.09. The number of hydrogen-bond acceptors (Lipinski definition) is 3. The van der Waals surface area contributed by atoms with Crippen molar-refractivity contribution in [2.24, 2.45) is 0 Å². The topological polar surface area (TPSA) is 46.3 Å². The summed E-state index contributed by atoms with van der Waals surface area (Å²) < 4.78 is 4.93. The summed E-state index contributed by atoms with van der Waals surface area (Å²) in [6.07, 6.45) is 0.809. The minimum Gasteiger partial charge on any atom is -0.384 e. The van der Waals surface area contributed by atoms with E-state index < -0.39 is 5.60 Å². The zero-order chi connectivity index (χ0) is 8.48. The molecule has 1 aromatic heterocycles. The summed E-state index contributed by atoms with van der Waals surface area (Å²) in [5.74, 6) is 0.808. The largest absolute Gasteiger partial charge is 0.384 e. The summed E-state index contributed by atoms with van der Waals surface area (Å²) in [5, 5.41) is 13.2. The number of rotatable bonds is 2. The van der Waals surface area contributed by atoms with Gasteiger partial charge in [0.1, 0.15) is 17.1 Å². The molecule has 3 heteroatoms. The molecule has 1 N–H and O–H groups in total. The Labute approximate surface area is 66.0 Å². The third-order valence-electron chi connectivity index (χ3n) is 1.53. The fraction of sp³-hybridized carbons (Fsp3) is 0.625. The number of nitrogens with zero attached hydrogens (tertiary/aromatic N) is 1. The fourth-order valence-corrected chi connectivity index (χ4v) is 0.768. The molecule has 0 amide bonds. The third kappa shape index (κ3) is 1.80. The predicted molar refractivity (Wildman–Crippen MR) is 41.1 cm³/mol. The molecule has 11 heavy (non-hydrogen) atoms. The minimum absolute atomic E-state index is 0.592. The first-order chi connectivity index (χ1) is 5.04. The van der Waals surface area contributed by atoms with Crippen LogP contribution >= 0.6 is 0 Å². The van der Waals surface area contributed by atoms with Crippen LogP contribution in [0.3, 0.4) is 0 Å². The molecule has 0 unspecified atom stereocenters. The van der Waals surface area contributed by atoms with Crippen LogP contribution in [-0.4, -0.2) is 10.3 Å². The maximum absolute atomic E-state index is 9.48. The number of aromatic nitrogens is 1. The van der Waals surface area contributed by atoms with Crippen LogP contribution in [0.25, 0.3) is 0 Å². The van der Waals surface area contributed by atoms with Gasteiger partial charge in [-0.2, -0.15) is 0 Å². The van der Waals surface area contributed by atoms with Gasteiger partial charge in [-0.25, -0.2) is 0 Å². The molecule has 0 aliphatic carbocycles. The first-order valence-electron chi connectivity index (χ1n) is 3.72. The minimum atomic E-state index is -0.892. The Bertz CT molecular complexity index is 234. The van der Waals surface area contributed by atoms with Gasteiger partial charge in [-0.3, -0.25) is 0 Å². The standard InChI is InChI=1S/C8H13NO2/c1-4-6-5-7(9-11-6)8(2,3)10/h5,10H,4H2,1-3H3. The Hall–Kier alpha value is -0.830. The lowest BCUT2D eigenvalue weighted by atomic mass is 10.1. The number of aliphatic hydroxyl groups is 1. The normalized spacial score (nSPS) is 12.0. The molecule has 1 rings (SSSR count). The first kappa shape index (κ1) is 8.27. The Morgan fingerprint density at radius 2 is 2.27 bits per heavy atom. The molecule has 1 heterocycles. The van der Waals surface area contributed by atoms with Crippen LogP contribution in [0.1, 0.15) is 32.2 Å². The van der Waals surface area contributed by atoms with Gasteiger partial charge in [0.15, 0.2) is 0 Å². The Morgan fingerprint density at radius 1 is 1.64 bits per heavy atom. The van der Waals surface area contributed by atoms with Gasteiger partial charge < -0.3 is 9.63 Å². The second-order valence-electron chi connectivity index (χ2n) is 3.09. The van der Waals surface area contributed by atoms with Crippen LogP contribution in [0.15, 0.2) is 10.6 Å². The van der Waals surface area contributed by atoms with Crippen LogP contribution in [-0.2, 0) is 12.0 Å². The van der Waals surface area contributed by atoms with E-state index in [0.717, 1.165) is 12.2 Å². The maximum atomic E-state index is 9.48. The van der Waals surface area contributed by atoms with Gasteiger partial charge in [0.25, 0.3) is 0 Å². The van der Waals surface area contributed by atoms with E-state index in [0.29, 0.717) is 5.69 Å². The van der Waals surface area contributed by atoms with E-state index in [2.05, 4.69) is 5.16 Å². The monoisotopic (exact) mass is 155 g/mol. The molecule has 1 aromatic rings. The van der Waals surface area contributed by atoms with Gasteiger partial charge in [0.2, 0.25) is 0 Å². The zero-order valence-electron chi connectivity index (χ0n) is 7.09. The Morgan fingerprint density at radius 3 is 2.55 bits per heavy atom. The molecule has 0 saturated carbocycles. The molecule has 0 fully saturated rings. The molecule has 0 radical (unpaired) electrons. The van der Waals surface area contributed by atoms with E-state index in [1.807, 2.05) is 6.92 Å². The van der Waals surface area contributed by atoms with Crippen LogP contribution in [0.4, 0.5) is 0 Å². The van der Waals surface area contributed by atoms with Crippen molar-refractivity contribution in [2.45, 2.75) is 32.8 Å². The second kappa shape index (κ2) is 2.66. The lowest BCUT2D eigenvalue weighted by Gasteiger charge is -2.11. The summed E-state index contributed by atoms with van der Waals surface area (Å²) in [6.45, 7) is 5.35. The van der Waals surface area contributed by atoms with Crippen molar-refractivity contribution in [3.8, 4) is 0 Å². The van der Waals surface area contributed by atoms with Gasteiger partial charge in [0.05, 0.1) is 0 Å². The van der Waals surface area contributed by atoms with Crippen molar-refractivity contribution in [1.82, 2.24) is 5.16 Å². The molecule has 0 spiro atoms. The van der Waals surface area contributed by atoms with E-state index in [9.17, 15) is 5.11 Å². The molecule has 3 nitrogen and oxygen atoms in total. The van der Waals surface area contributed by atoms with E-state index in [1.54, 1.807) is 19.9 Å². The fourth-order valence-electron chi connectivity index (χ4n) is 0.768. The lowest BCUT2D eigenvalue weighted by Crippen LogP contribution is -2.15. The van der Waals surface area contributed by atoms with Crippen LogP contribution in [0.5, 0.6) is 0 Å². The van der Waals surface area contributed by atoms with Crippen molar-refractivity contribution in [3.05, 3.63) is 17.5 Å². The highest BCUT2D eigenvalue weighted by Gasteiger charge is 2.20. The van der Waals surface area contributed by atoms with Crippen molar-refractivity contribution in [3.63, 3.8) is 0 Å². The highest BCUT2D eigenvalue weighted by Crippen LogP contribution is 2.18. The molecule has 0 bridgehead atoms. The summed E-state index contributed by atoms with van der Waals surface area (Å²) in [7, 11) is 0. The predicted octanol–water partition coefficient (Wildman–Crippen LogP) is 1.46. The number of aryl methyl sites for hydroxylation is 1. The van der Waals surface area contributed by atoms with E-state index in [-0.39, 0.29) is 0 Å². The molecule has 0 aliphatic heterocycles. The Kier molecular flexibility index (Phi) is 2.00. The molecular weight excluding hydrogens is 142 g/mol. The van der Waals surface area contributed by atoms with Crippen molar-refractivity contribution < 1.29 is 9.63 Å². The average molecular weight is 155 g/mol.